The van der Waals surface area contributed by atoms with Crippen LogP contribution in [-0.2, 0) is 25.6 Å². The third-order valence-corrected chi connectivity index (χ3v) is 4.68. The third-order valence-electron chi connectivity index (χ3n) is 4.68. The zero-order chi connectivity index (χ0) is 18.7. The second-order valence-electron chi connectivity index (χ2n) is 6.44. The number of amides is 4. The van der Waals surface area contributed by atoms with Gasteiger partial charge >= 0.3 is 0 Å². The van der Waals surface area contributed by atoms with Gasteiger partial charge in [-0.3, -0.25) is 24.1 Å². The summed E-state index contributed by atoms with van der Waals surface area (Å²) in [6.45, 7) is 1.23. The fraction of sp³-hybridized carbons (Fsp3) is 0.444. The molecule has 26 heavy (non-hydrogen) atoms. The Hall–Kier alpha value is -2.77. The van der Waals surface area contributed by atoms with Crippen LogP contribution in [0.15, 0.2) is 24.3 Å². The van der Waals surface area contributed by atoms with Crippen LogP contribution in [0.1, 0.15) is 18.4 Å². The molecule has 2 saturated heterocycles. The number of imide groups is 1. The van der Waals surface area contributed by atoms with E-state index in [0.717, 1.165) is 4.90 Å². The van der Waals surface area contributed by atoms with E-state index in [4.69, 9.17) is 0 Å². The molecule has 0 radical (unpaired) electrons. The van der Waals surface area contributed by atoms with Crippen LogP contribution in [0.5, 0.6) is 0 Å². The molecular formula is C18H20FN3O4. The smallest absolute Gasteiger partial charge is 0.242 e. The lowest BCUT2D eigenvalue weighted by molar-refractivity contribution is -0.147. The van der Waals surface area contributed by atoms with E-state index in [1.165, 1.54) is 12.1 Å². The highest BCUT2D eigenvalue weighted by atomic mass is 19.1. The van der Waals surface area contributed by atoms with E-state index in [0.29, 0.717) is 31.7 Å². The lowest BCUT2D eigenvalue weighted by Crippen LogP contribution is -2.53. The summed E-state index contributed by atoms with van der Waals surface area (Å²) in [5.74, 6) is -1.41. The summed E-state index contributed by atoms with van der Waals surface area (Å²) in [6.07, 6.45) is 0.436. The highest BCUT2D eigenvalue weighted by Gasteiger charge is 2.32. The number of carbonyl (C=O) groups excluding carboxylic acids is 4. The molecule has 2 aliphatic rings. The van der Waals surface area contributed by atoms with Gasteiger partial charge in [0.25, 0.3) is 0 Å². The van der Waals surface area contributed by atoms with Crippen molar-refractivity contribution in [1.82, 2.24) is 14.7 Å². The number of carbonyl (C=O) groups is 4. The van der Waals surface area contributed by atoms with Crippen LogP contribution in [-0.4, -0.2) is 71.1 Å². The van der Waals surface area contributed by atoms with Crippen molar-refractivity contribution in [3.63, 3.8) is 0 Å². The molecule has 138 valence electrons. The number of hydrogen-bond donors (Lipinski definition) is 0. The maximum atomic E-state index is 13.2. The van der Waals surface area contributed by atoms with Crippen molar-refractivity contribution in [2.75, 3.05) is 32.7 Å². The highest BCUT2D eigenvalue weighted by Crippen LogP contribution is 2.13. The Morgan fingerprint density at radius 2 is 1.50 bits per heavy atom. The summed E-state index contributed by atoms with van der Waals surface area (Å²) in [5.41, 5.74) is 0.611. The van der Waals surface area contributed by atoms with Crippen molar-refractivity contribution in [2.45, 2.75) is 19.3 Å². The summed E-state index contributed by atoms with van der Waals surface area (Å²) in [7, 11) is 0. The van der Waals surface area contributed by atoms with Crippen LogP contribution in [0.4, 0.5) is 4.39 Å². The van der Waals surface area contributed by atoms with Crippen molar-refractivity contribution in [3.05, 3.63) is 35.6 Å². The predicted molar refractivity (Wildman–Crippen MR) is 89.2 cm³/mol. The molecule has 0 N–H and O–H groups in total. The van der Waals surface area contributed by atoms with E-state index >= 15 is 0 Å². The van der Waals surface area contributed by atoms with E-state index in [9.17, 15) is 23.6 Å². The van der Waals surface area contributed by atoms with Gasteiger partial charge in [-0.15, -0.1) is 0 Å². The number of rotatable bonds is 4. The molecule has 1 aromatic rings. The Bertz CT molecular complexity index is 728. The van der Waals surface area contributed by atoms with Crippen LogP contribution in [0.25, 0.3) is 0 Å². The lowest BCUT2D eigenvalue weighted by Gasteiger charge is -2.35. The average Bonchev–Trinajstić information content (AvgIpc) is 2.94. The Morgan fingerprint density at radius 1 is 0.923 bits per heavy atom. The molecule has 1 aromatic carbocycles. The summed E-state index contributed by atoms with van der Waals surface area (Å²) >= 11 is 0. The normalized spacial score (nSPS) is 17.8. The first kappa shape index (κ1) is 18.0. The van der Waals surface area contributed by atoms with Gasteiger partial charge in [0.15, 0.2) is 0 Å². The first-order valence-corrected chi connectivity index (χ1v) is 8.57. The average molecular weight is 361 g/mol. The highest BCUT2D eigenvalue weighted by molar-refractivity contribution is 6.04. The molecule has 0 saturated carbocycles. The summed E-state index contributed by atoms with van der Waals surface area (Å²) in [5, 5.41) is 0. The maximum Gasteiger partial charge on any atom is 0.242 e. The Kier molecular flexibility index (Phi) is 5.29. The lowest BCUT2D eigenvalue weighted by atomic mass is 10.1. The zero-order valence-corrected chi connectivity index (χ0v) is 14.3. The molecular weight excluding hydrogens is 341 g/mol. The molecule has 0 bridgehead atoms. The molecule has 0 unspecified atom stereocenters. The molecule has 0 spiro atoms. The molecule has 7 nitrogen and oxygen atoms in total. The van der Waals surface area contributed by atoms with E-state index in [-0.39, 0.29) is 55.3 Å². The van der Waals surface area contributed by atoms with Crippen LogP contribution < -0.4 is 0 Å². The zero-order valence-electron chi connectivity index (χ0n) is 14.3. The second kappa shape index (κ2) is 7.63. The number of benzene rings is 1. The van der Waals surface area contributed by atoms with Crippen LogP contribution in [0, 0.1) is 5.82 Å². The Labute approximate surface area is 150 Å². The van der Waals surface area contributed by atoms with E-state index in [2.05, 4.69) is 0 Å². The van der Waals surface area contributed by atoms with E-state index in [1.54, 1.807) is 21.9 Å². The van der Waals surface area contributed by atoms with Gasteiger partial charge < -0.3 is 9.80 Å². The van der Waals surface area contributed by atoms with Gasteiger partial charge in [0.05, 0.1) is 6.42 Å². The standard InChI is InChI=1S/C18H20FN3O4/c19-14-3-1-2-13(10-14)11-17(25)20-6-8-21(9-7-20)18(26)12-22-15(23)4-5-16(22)24/h1-3,10H,4-9,11-12H2. The number of likely N-dealkylation sites (tertiary alicyclic amines) is 1. The molecule has 3 rings (SSSR count). The third kappa shape index (κ3) is 4.07. The van der Waals surface area contributed by atoms with Crippen LogP contribution in [0.3, 0.4) is 0 Å². The molecule has 0 atom stereocenters. The maximum absolute atomic E-state index is 13.2. The van der Waals surface area contributed by atoms with Crippen molar-refractivity contribution >= 4 is 23.6 Å². The van der Waals surface area contributed by atoms with Gasteiger partial charge in [-0.1, -0.05) is 12.1 Å². The van der Waals surface area contributed by atoms with Crippen molar-refractivity contribution in [1.29, 1.82) is 0 Å². The first-order valence-electron chi connectivity index (χ1n) is 8.57. The quantitative estimate of drug-likeness (QED) is 0.717. The van der Waals surface area contributed by atoms with Crippen LogP contribution >= 0.6 is 0 Å². The number of hydrogen-bond acceptors (Lipinski definition) is 4. The number of halogens is 1. The molecule has 2 fully saturated rings. The van der Waals surface area contributed by atoms with Crippen molar-refractivity contribution < 1.29 is 23.6 Å². The summed E-state index contributed by atoms with van der Waals surface area (Å²) < 4.78 is 13.2. The Balaban J connectivity index is 1.49. The molecule has 0 aromatic heterocycles. The van der Waals surface area contributed by atoms with Crippen molar-refractivity contribution in [3.8, 4) is 0 Å². The molecule has 2 aliphatic heterocycles. The molecule has 2 heterocycles. The summed E-state index contributed by atoms with van der Waals surface area (Å²) in [4.78, 5) is 52.0. The fourth-order valence-corrected chi connectivity index (χ4v) is 3.17. The van der Waals surface area contributed by atoms with E-state index < -0.39 is 0 Å². The monoisotopic (exact) mass is 361 g/mol. The van der Waals surface area contributed by atoms with Gasteiger partial charge in [0, 0.05) is 39.0 Å². The van der Waals surface area contributed by atoms with Gasteiger partial charge in [-0.2, -0.15) is 0 Å². The SMILES string of the molecule is O=C(Cc1cccc(F)c1)N1CCN(C(=O)CN2C(=O)CCC2=O)CC1. The molecule has 4 amide bonds. The number of piperazine rings is 1. The van der Waals surface area contributed by atoms with Gasteiger partial charge in [-0.25, -0.2) is 4.39 Å². The minimum atomic E-state index is -0.378. The molecule has 0 aliphatic carbocycles. The van der Waals surface area contributed by atoms with Gasteiger partial charge in [0.1, 0.15) is 12.4 Å². The van der Waals surface area contributed by atoms with Crippen molar-refractivity contribution in [2.24, 2.45) is 0 Å². The number of nitrogens with zero attached hydrogens (tertiary/aromatic N) is 3. The van der Waals surface area contributed by atoms with E-state index in [1.807, 2.05) is 0 Å². The minimum Gasteiger partial charge on any atom is -0.339 e. The first-order chi connectivity index (χ1) is 12.4. The topological polar surface area (TPSA) is 78.0 Å². The molecule has 8 heteroatoms. The summed E-state index contributed by atoms with van der Waals surface area (Å²) in [6, 6.07) is 5.93. The largest absolute Gasteiger partial charge is 0.339 e. The fourth-order valence-electron chi connectivity index (χ4n) is 3.17. The van der Waals surface area contributed by atoms with Crippen LogP contribution in [0.2, 0.25) is 0 Å². The minimum absolute atomic E-state index is 0.114. The predicted octanol–water partition coefficient (Wildman–Crippen LogP) is 0.188. The van der Waals surface area contributed by atoms with Gasteiger partial charge in [0.2, 0.25) is 23.6 Å². The second-order valence-corrected chi connectivity index (χ2v) is 6.44. The van der Waals surface area contributed by atoms with Gasteiger partial charge in [-0.05, 0) is 17.7 Å². The Morgan fingerprint density at radius 3 is 2.08 bits per heavy atom.